The zero-order chi connectivity index (χ0) is 25.6. The second kappa shape index (κ2) is 11.4. The standard InChI is InChI=1S/C27H31FN2O4S/c1-19(2)17-26(20-11-15-24(34-3)16-12-20)29-27(31)21-9-13-23(14-10-21)30(35(4,32)33)18-22-7-5-6-8-25(22)28/h5-16,19,26H,17-18H2,1-4H3,(H,29,31)/t26-/m1/s1. The number of hydrogen-bond acceptors (Lipinski definition) is 4. The second-order valence-electron chi connectivity index (χ2n) is 8.84. The van der Waals surface area contributed by atoms with E-state index in [4.69, 9.17) is 4.74 Å². The smallest absolute Gasteiger partial charge is 0.251 e. The molecule has 0 heterocycles. The molecule has 1 amide bonds. The Hall–Kier alpha value is -3.39. The lowest BCUT2D eigenvalue weighted by Crippen LogP contribution is -2.30. The Bertz CT molecular complexity index is 1240. The van der Waals surface area contributed by atoms with Crippen molar-refractivity contribution in [3.05, 3.63) is 95.3 Å². The number of carbonyl (C=O) groups is 1. The third-order valence-corrected chi connectivity index (χ3v) is 6.76. The number of anilines is 1. The number of rotatable bonds is 10. The van der Waals surface area contributed by atoms with Crippen molar-refractivity contribution in [1.29, 1.82) is 0 Å². The summed E-state index contributed by atoms with van der Waals surface area (Å²) in [6.45, 7) is 4.03. The third-order valence-electron chi connectivity index (χ3n) is 5.62. The molecule has 3 rings (SSSR count). The monoisotopic (exact) mass is 498 g/mol. The van der Waals surface area contributed by atoms with E-state index in [-0.39, 0.29) is 24.1 Å². The molecule has 8 heteroatoms. The summed E-state index contributed by atoms with van der Waals surface area (Å²) < 4.78 is 45.3. The van der Waals surface area contributed by atoms with Gasteiger partial charge in [0.25, 0.3) is 5.91 Å². The van der Waals surface area contributed by atoms with Crippen LogP contribution in [0.4, 0.5) is 10.1 Å². The predicted octanol–water partition coefficient (Wildman–Crippen LogP) is 5.32. The minimum absolute atomic E-state index is 0.148. The summed E-state index contributed by atoms with van der Waals surface area (Å²) in [5.74, 6) is 0.348. The van der Waals surface area contributed by atoms with Gasteiger partial charge in [-0.2, -0.15) is 0 Å². The molecule has 0 aliphatic rings. The van der Waals surface area contributed by atoms with Crippen LogP contribution in [0.25, 0.3) is 0 Å². The van der Waals surface area contributed by atoms with Gasteiger partial charge in [0.15, 0.2) is 0 Å². The summed E-state index contributed by atoms with van der Waals surface area (Å²) in [7, 11) is -2.08. The largest absolute Gasteiger partial charge is 0.497 e. The number of ether oxygens (including phenoxy) is 1. The van der Waals surface area contributed by atoms with Gasteiger partial charge in [0.1, 0.15) is 11.6 Å². The minimum atomic E-state index is -3.68. The lowest BCUT2D eigenvalue weighted by atomic mass is 9.96. The number of nitrogens with one attached hydrogen (secondary N) is 1. The molecule has 0 saturated heterocycles. The number of sulfonamides is 1. The molecule has 0 fully saturated rings. The van der Waals surface area contributed by atoms with Gasteiger partial charge in [-0.15, -0.1) is 0 Å². The second-order valence-corrected chi connectivity index (χ2v) is 10.7. The number of hydrogen-bond donors (Lipinski definition) is 1. The average molecular weight is 499 g/mol. The van der Waals surface area contributed by atoms with E-state index in [9.17, 15) is 17.6 Å². The number of nitrogens with zero attached hydrogens (tertiary/aromatic N) is 1. The van der Waals surface area contributed by atoms with Gasteiger partial charge in [0.05, 0.1) is 31.6 Å². The molecule has 3 aromatic carbocycles. The highest BCUT2D eigenvalue weighted by molar-refractivity contribution is 7.92. The van der Waals surface area contributed by atoms with Crippen LogP contribution in [0.2, 0.25) is 0 Å². The van der Waals surface area contributed by atoms with Gasteiger partial charge >= 0.3 is 0 Å². The normalized spacial score (nSPS) is 12.3. The molecule has 0 aliphatic carbocycles. The molecule has 1 atom stereocenters. The van der Waals surface area contributed by atoms with Crippen LogP contribution in [-0.2, 0) is 16.6 Å². The molecule has 1 N–H and O–H groups in total. The van der Waals surface area contributed by atoms with Gasteiger partial charge in [-0.1, -0.05) is 44.2 Å². The van der Waals surface area contributed by atoms with Crippen molar-refractivity contribution >= 4 is 21.6 Å². The first kappa shape index (κ1) is 26.2. The van der Waals surface area contributed by atoms with Gasteiger partial charge < -0.3 is 10.1 Å². The first-order chi connectivity index (χ1) is 16.6. The number of benzene rings is 3. The summed E-state index contributed by atoms with van der Waals surface area (Å²) in [4.78, 5) is 13.0. The molecule has 186 valence electrons. The fourth-order valence-corrected chi connectivity index (χ4v) is 4.67. The molecular weight excluding hydrogens is 467 g/mol. The molecule has 0 unspecified atom stereocenters. The lowest BCUT2D eigenvalue weighted by Gasteiger charge is -2.24. The van der Waals surface area contributed by atoms with Crippen LogP contribution in [-0.4, -0.2) is 27.7 Å². The molecule has 0 aromatic heterocycles. The Morgan fingerprint density at radius 1 is 1.00 bits per heavy atom. The van der Waals surface area contributed by atoms with E-state index in [1.54, 1.807) is 49.6 Å². The van der Waals surface area contributed by atoms with Gasteiger partial charge in [0.2, 0.25) is 10.0 Å². The van der Waals surface area contributed by atoms with E-state index >= 15 is 0 Å². The highest BCUT2D eigenvalue weighted by Crippen LogP contribution is 2.25. The van der Waals surface area contributed by atoms with E-state index in [2.05, 4.69) is 19.2 Å². The molecule has 3 aromatic rings. The molecule has 6 nitrogen and oxygen atoms in total. The van der Waals surface area contributed by atoms with Crippen LogP contribution < -0.4 is 14.4 Å². The van der Waals surface area contributed by atoms with Crippen LogP contribution in [0.5, 0.6) is 5.75 Å². The van der Waals surface area contributed by atoms with Crippen LogP contribution in [0.1, 0.15) is 47.8 Å². The summed E-state index contributed by atoms with van der Waals surface area (Å²) in [6.07, 6.45) is 1.82. The first-order valence-corrected chi connectivity index (χ1v) is 13.2. The SMILES string of the molecule is COc1ccc([C@@H](CC(C)C)NC(=O)c2ccc(N(Cc3ccccc3F)S(C)(=O)=O)cc2)cc1. The zero-order valence-corrected chi connectivity index (χ0v) is 21.2. The quantitative estimate of drug-likeness (QED) is 0.411. The summed E-state index contributed by atoms with van der Waals surface area (Å²) in [6, 6.07) is 19.7. The van der Waals surface area contributed by atoms with Gasteiger partial charge in [-0.3, -0.25) is 9.10 Å². The van der Waals surface area contributed by atoms with Crippen LogP contribution in [0.15, 0.2) is 72.8 Å². The molecule has 0 saturated carbocycles. The van der Waals surface area contributed by atoms with Crippen LogP contribution >= 0.6 is 0 Å². The molecule has 0 bridgehead atoms. The number of methoxy groups -OCH3 is 1. The van der Waals surface area contributed by atoms with Crippen molar-refractivity contribution in [2.45, 2.75) is 32.9 Å². The average Bonchev–Trinajstić information content (AvgIpc) is 2.82. The van der Waals surface area contributed by atoms with E-state index in [1.165, 1.54) is 6.07 Å². The third kappa shape index (κ3) is 7.05. The first-order valence-electron chi connectivity index (χ1n) is 11.3. The predicted molar refractivity (Wildman–Crippen MR) is 137 cm³/mol. The van der Waals surface area contributed by atoms with Crippen molar-refractivity contribution in [2.24, 2.45) is 5.92 Å². The highest BCUT2D eigenvalue weighted by Gasteiger charge is 2.21. The van der Waals surface area contributed by atoms with Crippen LogP contribution in [0, 0.1) is 11.7 Å². The Morgan fingerprint density at radius 2 is 1.63 bits per heavy atom. The molecule has 0 aliphatic heterocycles. The van der Waals surface area contributed by atoms with Crippen molar-refractivity contribution in [3.63, 3.8) is 0 Å². The van der Waals surface area contributed by atoms with Crippen molar-refractivity contribution in [1.82, 2.24) is 5.32 Å². The number of amides is 1. The fraction of sp³-hybridized carbons (Fsp3) is 0.296. The van der Waals surface area contributed by atoms with Gasteiger partial charge in [-0.25, -0.2) is 12.8 Å². The van der Waals surface area contributed by atoms with E-state index in [0.717, 1.165) is 28.3 Å². The Balaban J connectivity index is 1.80. The molecule has 0 spiro atoms. The maximum Gasteiger partial charge on any atom is 0.251 e. The molecular formula is C27H31FN2O4S. The Labute approximate surface area is 206 Å². The van der Waals surface area contributed by atoms with Gasteiger partial charge in [0, 0.05) is 11.1 Å². The van der Waals surface area contributed by atoms with Crippen molar-refractivity contribution in [3.8, 4) is 5.75 Å². The summed E-state index contributed by atoms with van der Waals surface area (Å²) in [5.41, 5.74) is 1.98. The van der Waals surface area contributed by atoms with Crippen molar-refractivity contribution < 1.29 is 22.3 Å². The summed E-state index contributed by atoms with van der Waals surface area (Å²) >= 11 is 0. The topological polar surface area (TPSA) is 75.7 Å². The fourth-order valence-electron chi connectivity index (χ4n) is 3.79. The maximum atomic E-state index is 14.1. The highest BCUT2D eigenvalue weighted by atomic mass is 32.2. The maximum absolute atomic E-state index is 14.1. The number of carbonyl (C=O) groups excluding carboxylic acids is 1. The van der Waals surface area contributed by atoms with E-state index in [1.807, 2.05) is 24.3 Å². The van der Waals surface area contributed by atoms with E-state index in [0.29, 0.717) is 17.2 Å². The molecule has 35 heavy (non-hydrogen) atoms. The summed E-state index contributed by atoms with van der Waals surface area (Å²) in [5, 5.41) is 3.08. The van der Waals surface area contributed by atoms with Crippen molar-refractivity contribution in [2.75, 3.05) is 17.7 Å². The zero-order valence-electron chi connectivity index (χ0n) is 20.4. The van der Waals surface area contributed by atoms with Crippen LogP contribution in [0.3, 0.4) is 0 Å². The molecule has 0 radical (unpaired) electrons. The lowest BCUT2D eigenvalue weighted by molar-refractivity contribution is 0.0932. The Kier molecular flexibility index (Phi) is 8.51. The van der Waals surface area contributed by atoms with E-state index < -0.39 is 15.8 Å². The Morgan fingerprint density at radius 3 is 2.17 bits per heavy atom. The van der Waals surface area contributed by atoms with Gasteiger partial charge in [-0.05, 0) is 60.4 Å². The minimum Gasteiger partial charge on any atom is -0.497 e. The number of halogens is 1.